The summed E-state index contributed by atoms with van der Waals surface area (Å²) in [7, 11) is -2.06. The van der Waals surface area contributed by atoms with Crippen LogP contribution >= 0.6 is 0 Å². The average Bonchev–Trinajstić information content (AvgIpc) is 2.32. The summed E-state index contributed by atoms with van der Waals surface area (Å²) in [6.45, 7) is 8.40. The van der Waals surface area contributed by atoms with Gasteiger partial charge in [0.25, 0.3) is 0 Å². The molecule has 0 radical (unpaired) electrons. The fraction of sp³-hybridized carbons (Fsp3) is 0.917. The molecule has 2 amide bonds. The van der Waals surface area contributed by atoms with Crippen molar-refractivity contribution in [2.45, 2.75) is 51.8 Å². The molecule has 0 spiro atoms. The van der Waals surface area contributed by atoms with Gasteiger partial charge >= 0.3 is 14.6 Å². The second kappa shape index (κ2) is 10.2. The molecule has 1 heterocycles. The highest BCUT2D eigenvalue weighted by molar-refractivity contribution is 6.69. The molecule has 1 aliphatic heterocycles. The van der Waals surface area contributed by atoms with Crippen molar-refractivity contribution in [3.63, 3.8) is 0 Å². The van der Waals surface area contributed by atoms with Crippen molar-refractivity contribution >= 4 is 14.6 Å². The van der Waals surface area contributed by atoms with Gasteiger partial charge in [0.1, 0.15) is 5.73 Å². The Morgan fingerprint density at radius 1 is 1.11 bits per heavy atom. The first kappa shape index (κ1) is 18.4. The molecule has 0 bridgehead atoms. The Kier molecular flexibility index (Phi) is 9.85. The summed E-state index contributed by atoms with van der Waals surface area (Å²) >= 11 is 0. The maximum Gasteiger partial charge on any atom is 0.368 e. The number of ether oxygens (including phenoxy) is 1. The van der Waals surface area contributed by atoms with Crippen LogP contribution in [0.5, 0.6) is 0 Å². The lowest BCUT2D eigenvalue weighted by atomic mass is 10.2. The van der Waals surface area contributed by atoms with E-state index in [1.807, 2.05) is 20.8 Å². The van der Waals surface area contributed by atoms with Gasteiger partial charge in [0.2, 0.25) is 0 Å². The molecule has 1 atom stereocenters. The van der Waals surface area contributed by atoms with E-state index < -0.39 is 14.6 Å². The zero-order chi connectivity index (χ0) is 14.7. The first-order valence-electron chi connectivity index (χ1n) is 6.96. The van der Waals surface area contributed by atoms with Gasteiger partial charge < -0.3 is 25.1 Å². The predicted molar refractivity (Wildman–Crippen MR) is 76.8 cm³/mol. The number of amides is 2. The SMILES string of the molecule is CCOC1CCCC[Si]1(OCC)OCC.NC(N)=O. The number of hydrogen-bond donors (Lipinski definition) is 2. The molecule has 4 N–H and O–H groups in total. The molecule has 6 nitrogen and oxygen atoms in total. The number of carbonyl (C=O) groups excluding carboxylic acids is 1. The van der Waals surface area contributed by atoms with Gasteiger partial charge in [-0.15, -0.1) is 0 Å². The third kappa shape index (κ3) is 6.91. The molecule has 1 fully saturated rings. The minimum absolute atomic E-state index is 0.246. The van der Waals surface area contributed by atoms with Crippen molar-refractivity contribution in [1.82, 2.24) is 0 Å². The Hall–Kier alpha value is -0.633. The Bertz CT molecular complexity index is 236. The number of hydrogen-bond acceptors (Lipinski definition) is 4. The Labute approximate surface area is 117 Å². The van der Waals surface area contributed by atoms with Crippen LogP contribution < -0.4 is 11.5 Å². The van der Waals surface area contributed by atoms with Gasteiger partial charge in [-0.2, -0.15) is 0 Å². The minimum atomic E-state index is -2.06. The molecule has 0 aromatic rings. The molecule has 0 aromatic heterocycles. The van der Waals surface area contributed by atoms with E-state index in [9.17, 15) is 0 Å². The lowest BCUT2D eigenvalue weighted by Crippen LogP contribution is -2.56. The fourth-order valence-electron chi connectivity index (χ4n) is 2.35. The molecule has 1 rings (SSSR count). The van der Waals surface area contributed by atoms with E-state index in [4.69, 9.17) is 18.4 Å². The number of carbonyl (C=O) groups is 1. The van der Waals surface area contributed by atoms with E-state index in [0.717, 1.165) is 32.3 Å². The van der Waals surface area contributed by atoms with Crippen molar-refractivity contribution in [3.05, 3.63) is 0 Å². The smallest absolute Gasteiger partial charge is 0.368 e. The lowest BCUT2D eigenvalue weighted by Gasteiger charge is -2.39. The van der Waals surface area contributed by atoms with Gasteiger partial charge in [0.15, 0.2) is 0 Å². The fourth-order valence-corrected chi connectivity index (χ4v) is 6.20. The molecular weight excluding hydrogens is 264 g/mol. The van der Waals surface area contributed by atoms with Crippen molar-refractivity contribution in [3.8, 4) is 0 Å². The van der Waals surface area contributed by atoms with Gasteiger partial charge in [0.05, 0.1) is 0 Å². The quantitative estimate of drug-likeness (QED) is 0.727. The third-order valence-electron chi connectivity index (χ3n) is 2.88. The maximum atomic E-state index is 9.00. The number of rotatable bonds is 6. The highest BCUT2D eigenvalue weighted by atomic mass is 28.4. The van der Waals surface area contributed by atoms with Crippen LogP contribution in [0, 0.1) is 0 Å². The second-order valence-corrected chi connectivity index (χ2v) is 7.61. The van der Waals surface area contributed by atoms with E-state index in [-0.39, 0.29) is 5.73 Å². The molecule has 1 saturated heterocycles. The van der Waals surface area contributed by atoms with Gasteiger partial charge in [-0.05, 0) is 33.2 Å². The van der Waals surface area contributed by atoms with Crippen LogP contribution in [0.2, 0.25) is 6.04 Å². The molecule has 0 aliphatic carbocycles. The average molecular weight is 292 g/mol. The molecule has 114 valence electrons. The first-order chi connectivity index (χ1) is 9.02. The van der Waals surface area contributed by atoms with Crippen molar-refractivity contribution in [2.24, 2.45) is 11.5 Å². The summed E-state index contributed by atoms with van der Waals surface area (Å²) in [6.07, 6.45) is 3.59. The van der Waals surface area contributed by atoms with Crippen molar-refractivity contribution < 1.29 is 18.4 Å². The zero-order valence-corrected chi connectivity index (χ0v) is 13.3. The third-order valence-corrected chi connectivity index (χ3v) is 6.92. The summed E-state index contributed by atoms with van der Waals surface area (Å²) in [5.41, 5.74) is 8.75. The molecule has 7 heteroatoms. The molecule has 1 unspecified atom stereocenters. The molecule has 19 heavy (non-hydrogen) atoms. The molecular formula is C12H28N2O4Si. The predicted octanol–water partition coefficient (Wildman–Crippen LogP) is 1.65. The lowest BCUT2D eigenvalue weighted by molar-refractivity contribution is 0.0396. The highest BCUT2D eigenvalue weighted by Crippen LogP contribution is 2.32. The van der Waals surface area contributed by atoms with E-state index in [1.165, 1.54) is 12.8 Å². The van der Waals surface area contributed by atoms with Crippen LogP contribution in [0.3, 0.4) is 0 Å². The van der Waals surface area contributed by atoms with Crippen LogP contribution in [0.4, 0.5) is 4.79 Å². The molecule has 1 aliphatic rings. The van der Waals surface area contributed by atoms with Gasteiger partial charge in [-0.3, -0.25) is 0 Å². The van der Waals surface area contributed by atoms with E-state index in [0.29, 0.717) is 0 Å². The first-order valence-corrected chi connectivity index (χ1v) is 9.06. The van der Waals surface area contributed by atoms with E-state index >= 15 is 0 Å². The summed E-state index contributed by atoms with van der Waals surface area (Å²) in [5.74, 6) is 0. The number of urea groups is 1. The van der Waals surface area contributed by atoms with Crippen LogP contribution in [0.25, 0.3) is 0 Å². The number of nitrogens with two attached hydrogens (primary N) is 2. The van der Waals surface area contributed by atoms with Crippen LogP contribution in [-0.2, 0) is 13.6 Å². The largest absolute Gasteiger partial charge is 0.393 e. The molecule has 0 saturated carbocycles. The van der Waals surface area contributed by atoms with Crippen LogP contribution in [-0.4, -0.2) is 40.1 Å². The summed E-state index contributed by atoms with van der Waals surface area (Å²) < 4.78 is 17.8. The Morgan fingerprint density at radius 3 is 2.05 bits per heavy atom. The number of primary amides is 2. The van der Waals surface area contributed by atoms with Crippen molar-refractivity contribution in [1.29, 1.82) is 0 Å². The monoisotopic (exact) mass is 292 g/mol. The van der Waals surface area contributed by atoms with E-state index in [2.05, 4.69) is 11.5 Å². The van der Waals surface area contributed by atoms with Crippen LogP contribution in [0.15, 0.2) is 0 Å². The molecule has 0 aromatic carbocycles. The van der Waals surface area contributed by atoms with Gasteiger partial charge in [-0.1, -0.05) is 12.8 Å². The van der Waals surface area contributed by atoms with Gasteiger partial charge in [-0.25, -0.2) is 4.79 Å². The maximum absolute atomic E-state index is 9.00. The normalized spacial score (nSPS) is 21.3. The standard InChI is InChI=1S/C11H24O3Si.CH4N2O/c1-4-12-11-9-7-8-10-15(11,13-5-2)14-6-3;2-1(3)4/h11H,4-10H2,1-3H3;(H4,2,3,4). The Balaban J connectivity index is 0.000000711. The van der Waals surface area contributed by atoms with Crippen molar-refractivity contribution in [2.75, 3.05) is 19.8 Å². The van der Waals surface area contributed by atoms with Gasteiger partial charge in [0, 0.05) is 19.8 Å². The second-order valence-electron chi connectivity index (χ2n) is 4.27. The van der Waals surface area contributed by atoms with E-state index in [1.54, 1.807) is 0 Å². The zero-order valence-electron chi connectivity index (χ0n) is 12.3. The minimum Gasteiger partial charge on any atom is -0.393 e. The Morgan fingerprint density at radius 2 is 1.63 bits per heavy atom. The summed E-state index contributed by atoms with van der Waals surface area (Å²) in [5, 5.41) is 0. The summed E-state index contributed by atoms with van der Waals surface area (Å²) in [4.78, 5) is 9.00. The summed E-state index contributed by atoms with van der Waals surface area (Å²) in [6, 6.07) is 0.263. The van der Waals surface area contributed by atoms with Crippen LogP contribution in [0.1, 0.15) is 40.0 Å². The topological polar surface area (TPSA) is 96.8 Å². The highest BCUT2D eigenvalue weighted by Gasteiger charge is 2.48.